The van der Waals surface area contributed by atoms with Gasteiger partial charge in [0.25, 0.3) is 0 Å². The molecular weight excluding hydrogens is 280 g/mol. The van der Waals surface area contributed by atoms with E-state index in [0.29, 0.717) is 5.56 Å². The highest BCUT2D eigenvalue weighted by Gasteiger charge is 2.31. The molecule has 1 heterocycles. The van der Waals surface area contributed by atoms with Crippen LogP contribution < -0.4 is 0 Å². The Hall–Kier alpha value is -0.990. The Labute approximate surface area is 132 Å². The van der Waals surface area contributed by atoms with E-state index in [4.69, 9.17) is 0 Å². The minimum Gasteiger partial charge on any atom is -0.190 e. The fourth-order valence-electron chi connectivity index (χ4n) is 4.70. The summed E-state index contributed by atoms with van der Waals surface area (Å²) in [7, 11) is 0. The van der Waals surface area contributed by atoms with E-state index in [2.05, 4.69) is 11.9 Å². The van der Waals surface area contributed by atoms with Crippen LogP contribution in [0.1, 0.15) is 76.2 Å². The van der Waals surface area contributed by atoms with Gasteiger partial charge in [-0.3, -0.25) is 0 Å². The summed E-state index contributed by atoms with van der Waals surface area (Å²) >= 11 is 0. The second-order valence-corrected chi connectivity index (χ2v) is 7.31. The topological polar surface area (TPSA) is 12.9 Å². The van der Waals surface area contributed by atoms with E-state index in [1.54, 1.807) is 6.07 Å². The molecule has 0 aromatic carbocycles. The standard InChI is InChI=1S/C19H27F2N/c1-2-13-3-5-14(6-4-13)15-7-9-16(10-8-15)17-11-12-18(20)22-19(17)21/h11-16H,2-10H2,1H3/t13-,14-,15?,16?. The molecule has 1 nitrogen and oxygen atoms in total. The molecule has 0 amide bonds. The Morgan fingerprint density at radius 1 is 0.909 bits per heavy atom. The Morgan fingerprint density at radius 3 is 2.05 bits per heavy atom. The Kier molecular flexibility index (Phi) is 5.10. The summed E-state index contributed by atoms with van der Waals surface area (Å²) < 4.78 is 26.7. The molecule has 2 aliphatic carbocycles. The second-order valence-electron chi connectivity index (χ2n) is 7.31. The van der Waals surface area contributed by atoms with Gasteiger partial charge in [0.1, 0.15) is 0 Å². The van der Waals surface area contributed by atoms with Gasteiger partial charge in [0.15, 0.2) is 0 Å². The lowest BCUT2D eigenvalue weighted by Crippen LogP contribution is -2.25. The van der Waals surface area contributed by atoms with Gasteiger partial charge in [-0.05, 0) is 74.3 Å². The van der Waals surface area contributed by atoms with Crippen molar-refractivity contribution in [3.8, 4) is 0 Å². The molecule has 0 saturated heterocycles. The zero-order valence-corrected chi connectivity index (χ0v) is 13.5. The van der Waals surface area contributed by atoms with Crippen molar-refractivity contribution in [1.82, 2.24) is 4.98 Å². The third-order valence-corrected chi connectivity index (χ3v) is 6.19. The van der Waals surface area contributed by atoms with Crippen LogP contribution in [0.5, 0.6) is 0 Å². The lowest BCUT2D eigenvalue weighted by Gasteiger charge is -2.37. The maximum absolute atomic E-state index is 13.8. The van der Waals surface area contributed by atoms with Crippen LogP contribution in [0.15, 0.2) is 12.1 Å². The first-order valence-electron chi connectivity index (χ1n) is 8.99. The summed E-state index contributed by atoms with van der Waals surface area (Å²) in [4.78, 5) is 3.34. The Morgan fingerprint density at radius 2 is 1.50 bits per heavy atom. The fraction of sp³-hybridized carbons (Fsp3) is 0.737. The fourth-order valence-corrected chi connectivity index (χ4v) is 4.70. The molecular formula is C19H27F2N. The molecule has 22 heavy (non-hydrogen) atoms. The predicted molar refractivity (Wildman–Crippen MR) is 84.6 cm³/mol. The molecule has 0 radical (unpaired) electrons. The first-order valence-corrected chi connectivity index (χ1v) is 8.99. The third kappa shape index (κ3) is 3.49. The van der Waals surface area contributed by atoms with E-state index in [0.717, 1.165) is 30.6 Å². The number of hydrogen-bond acceptors (Lipinski definition) is 1. The summed E-state index contributed by atoms with van der Waals surface area (Å²) in [5.41, 5.74) is 0.620. The van der Waals surface area contributed by atoms with Crippen LogP contribution in [-0.4, -0.2) is 4.98 Å². The molecule has 3 heteroatoms. The summed E-state index contributed by atoms with van der Waals surface area (Å²) in [5.74, 6) is 1.57. The molecule has 2 fully saturated rings. The normalized spacial score (nSPS) is 32.9. The number of hydrogen-bond donors (Lipinski definition) is 0. The maximum Gasteiger partial charge on any atom is 0.218 e. The molecule has 3 rings (SSSR count). The van der Waals surface area contributed by atoms with Crippen molar-refractivity contribution in [1.29, 1.82) is 0 Å². The highest BCUT2D eigenvalue weighted by molar-refractivity contribution is 5.17. The quantitative estimate of drug-likeness (QED) is 0.638. The molecule has 0 unspecified atom stereocenters. The van der Waals surface area contributed by atoms with Gasteiger partial charge in [0, 0.05) is 5.56 Å². The van der Waals surface area contributed by atoms with Crippen LogP contribution in [0.2, 0.25) is 0 Å². The van der Waals surface area contributed by atoms with E-state index in [-0.39, 0.29) is 5.92 Å². The lowest BCUT2D eigenvalue weighted by atomic mass is 9.68. The SMILES string of the molecule is CC[C@H]1CC[C@H](C2CCC(c3ccc(F)nc3F)CC2)CC1. The van der Waals surface area contributed by atoms with Gasteiger partial charge >= 0.3 is 0 Å². The van der Waals surface area contributed by atoms with E-state index in [9.17, 15) is 8.78 Å². The second kappa shape index (κ2) is 7.06. The summed E-state index contributed by atoms with van der Waals surface area (Å²) in [6.45, 7) is 2.31. The monoisotopic (exact) mass is 307 g/mol. The molecule has 0 N–H and O–H groups in total. The van der Waals surface area contributed by atoms with E-state index < -0.39 is 11.9 Å². The molecule has 0 aliphatic heterocycles. The van der Waals surface area contributed by atoms with Crippen molar-refractivity contribution < 1.29 is 8.78 Å². The van der Waals surface area contributed by atoms with Crippen LogP contribution >= 0.6 is 0 Å². The van der Waals surface area contributed by atoms with E-state index in [1.165, 1.54) is 51.0 Å². The zero-order chi connectivity index (χ0) is 15.5. The van der Waals surface area contributed by atoms with Crippen LogP contribution in [0, 0.1) is 29.6 Å². The molecule has 0 spiro atoms. The lowest BCUT2D eigenvalue weighted by molar-refractivity contribution is 0.158. The zero-order valence-electron chi connectivity index (χ0n) is 13.5. The van der Waals surface area contributed by atoms with E-state index in [1.807, 2.05) is 0 Å². The minimum absolute atomic E-state index is 0.233. The number of aromatic nitrogens is 1. The van der Waals surface area contributed by atoms with Crippen LogP contribution in [0.3, 0.4) is 0 Å². The number of nitrogens with zero attached hydrogens (tertiary/aromatic N) is 1. The van der Waals surface area contributed by atoms with Gasteiger partial charge in [0.05, 0.1) is 0 Å². The van der Waals surface area contributed by atoms with Crippen LogP contribution in [-0.2, 0) is 0 Å². The largest absolute Gasteiger partial charge is 0.218 e. The average molecular weight is 307 g/mol. The minimum atomic E-state index is -0.720. The maximum atomic E-state index is 13.8. The summed E-state index contributed by atoms with van der Waals surface area (Å²) in [5, 5.41) is 0. The molecule has 1 aromatic heterocycles. The number of pyridine rings is 1. The molecule has 122 valence electrons. The van der Waals surface area contributed by atoms with Gasteiger partial charge in [0.2, 0.25) is 11.9 Å². The predicted octanol–water partition coefficient (Wildman–Crippen LogP) is 5.85. The third-order valence-electron chi connectivity index (χ3n) is 6.19. The van der Waals surface area contributed by atoms with Gasteiger partial charge in [-0.2, -0.15) is 13.8 Å². The number of halogens is 2. The average Bonchev–Trinajstić information content (AvgIpc) is 2.55. The van der Waals surface area contributed by atoms with Crippen molar-refractivity contribution >= 4 is 0 Å². The van der Waals surface area contributed by atoms with Crippen LogP contribution in [0.25, 0.3) is 0 Å². The first kappa shape index (κ1) is 15.9. The summed E-state index contributed by atoms with van der Waals surface area (Å²) in [6.07, 6.45) is 11.4. The van der Waals surface area contributed by atoms with Crippen molar-refractivity contribution in [2.24, 2.45) is 17.8 Å². The molecule has 2 saturated carbocycles. The van der Waals surface area contributed by atoms with Crippen molar-refractivity contribution in [3.05, 3.63) is 29.6 Å². The van der Waals surface area contributed by atoms with E-state index >= 15 is 0 Å². The van der Waals surface area contributed by atoms with Gasteiger partial charge in [-0.25, -0.2) is 0 Å². The van der Waals surface area contributed by atoms with Gasteiger partial charge in [-0.15, -0.1) is 0 Å². The van der Waals surface area contributed by atoms with Crippen molar-refractivity contribution in [2.45, 2.75) is 70.6 Å². The van der Waals surface area contributed by atoms with Crippen LogP contribution in [0.4, 0.5) is 8.78 Å². The Bertz CT molecular complexity index is 486. The highest BCUT2D eigenvalue weighted by atomic mass is 19.1. The Balaban J connectivity index is 1.54. The molecule has 0 bridgehead atoms. The van der Waals surface area contributed by atoms with Crippen molar-refractivity contribution in [3.63, 3.8) is 0 Å². The van der Waals surface area contributed by atoms with Gasteiger partial charge < -0.3 is 0 Å². The first-order chi connectivity index (χ1) is 10.7. The molecule has 1 aromatic rings. The molecule has 2 aliphatic rings. The number of rotatable bonds is 3. The van der Waals surface area contributed by atoms with Crippen molar-refractivity contribution in [2.75, 3.05) is 0 Å². The smallest absolute Gasteiger partial charge is 0.190 e. The highest BCUT2D eigenvalue weighted by Crippen LogP contribution is 2.44. The summed E-state index contributed by atoms with van der Waals surface area (Å²) in [6, 6.07) is 2.88. The van der Waals surface area contributed by atoms with Gasteiger partial charge in [-0.1, -0.05) is 26.2 Å². The molecule has 0 atom stereocenters.